The maximum atomic E-state index is 12.7. The molecular weight excluding hydrogens is 318 g/mol. The van der Waals surface area contributed by atoms with Crippen molar-refractivity contribution in [2.24, 2.45) is 5.92 Å². The third-order valence-corrected chi connectivity index (χ3v) is 4.92. The van der Waals surface area contributed by atoms with Crippen LogP contribution in [0.1, 0.15) is 17.9 Å². The standard InChI is InChI=1S/C18H21N5O2/c1-25-16-4-6-20-18(21-16)23-9-7-22(8-10-23)17(24)15-11-14(15)13-3-2-5-19-12-13/h2-6,12,14-15H,7-11H2,1H3/t14-,15+/m1/s1. The Morgan fingerprint density at radius 3 is 2.76 bits per heavy atom. The average Bonchev–Trinajstić information content (AvgIpc) is 3.49. The van der Waals surface area contributed by atoms with Crippen LogP contribution in [0, 0.1) is 5.92 Å². The molecule has 2 atom stereocenters. The third kappa shape index (κ3) is 3.26. The van der Waals surface area contributed by atoms with Crippen LogP contribution in [-0.4, -0.2) is 59.0 Å². The molecule has 25 heavy (non-hydrogen) atoms. The lowest BCUT2D eigenvalue weighted by Crippen LogP contribution is -2.49. The lowest BCUT2D eigenvalue weighted by atomic mass is 10.1. The number of ether oxygens (including phenoxy) is 1. The van der Waals surface area contributed by atoms with Gasteiger partial charge in [0.15, 0.2) is 0 Å². The Balaban J connectivity index is 1.34. The number of anilines is 1. The Bertz CT molecular complexity index is 746. The number of carbonyl (C=O) groups is 1. The summed E-state index contributed by atoms with van der Waals surface area (Å²) >= 11 is 0. The molecule has 0 aromatic carbocycles. The van der Waals surface area contributed by atoms with Crippen LogP contribution >= 0.6 is 0 Å². The first-order chi connectivity index (χ1) is 12.3. The van der Waals surface area contributed by atoms with Gasteiger partial charge in [0.1, 0.15) is 0 Å². The van der Waals surface area contributed by atoms with E-state index in [-0.39, 0.29) is 11.8 Å². The second kappa shape index (κ2) is 6.66. The van der Waals surface area contributed by atoms with Gasteiger partial charge in [0.25, 0.3) is 0 Å². The van der Waals surface area contributed by atoms with Gasteiger partial charge in [-0.1, -0.05) is 6.07 Å². The number of carbonyl (C=O) groups excluding carboxylic acids is 1. The van der Waals surface area contributed by atoms with Crippen LogP contribution in [-0.2, 0) is 4.79 Å². The van der Waals surface area contributed by atoms with E-state index < -0.39 is 0 Å². The molecule has 1 amide bonds. The van der Waals surface area contributed by atoms with Crippen molar-refractivity contribution in [2.75, 3.05) is 38.2 Å². The highest BCUT2D eigenvalue weighted by atomic mass is 16.5. The fraction of sp³-hybridized carbons (Fsp3) is 0.444. The second-order valence-corrected chi connectivity index (χ2v) is 6.45. The summed E-state index contributed by atoms with van der Waals surface area (Å²) in [6, 6.07) is 5.72. The highest BCUT2D eigenvalue weighted by Crippen LogP contribution is 2.48. The Morgan fingerprint density at radius 2 is 2.04 bits per heavy atom. The number of amides is 1. The van der Waals surface area contributed by atoms with Gasteiger partial charge in [-0.15, -0.1) is 0 Å². The van der Waals surface area contributed by atoms with Gasteiger partial charge in [-0.05, 0) is 24.0 Å². The number of aromatic nitrogens is 3. The van der Waals surface area contributed by atoms with E-state index in [1.807, 2.05) is 17.2 Å². The molecule has 2 aliphatic rings. The Labute approximate surface area is 146 Å². The Kier molecular flexibility index (Phi) is 4.21. The van der Waals surface area contributed by atoms with Gasteiger partial charge in [0, 0.05) is 56.8 Å². The van der Waals surface area contributed by atoms with E-state index in [1.54, 1.807) is 25.6 Å². The maximum absolute atomic E-state index is 12.7. The minimum absolute atomic E-state index is 0.115. The summed E-state index contributed by atoms with van der Waals surface area (Å²) in [7, 11) is 1.59. The van der Waals surface area contributed by atoms with Gasteiger partial charge >= 0.3 is 0 Å². The van der Waals surface area contributed by atoms with Crippen LogP contribution < -0.4 is 9.64 Å². The van der Waals surface area contributed by atoms with E-state index in [2.05, 4.69) is 25.9 Å². The number of nitrogens with zero attached hydrogens (tertiary/aromatic N) is 5. The predicted octanol–water partition coefficient (Wildman–Crippen LogP) is 1.33. The fourth-order valence-corrected chi connectivity index (χ4v) is 3.39. The molecule has 2 aromatic rings. The highest BCUT2D eigenvalue weighted by molar-refractivity contribution is 5.83. The topological polar surface area (TPSA) is 71.5 Å². The van der Waals surface area contributed by atoms with Crippen molar-refractivity contribution in [2.45, 2.75) is 12.3 Å². The highest BCUT2D eigenvalue weighted by Gasteiger charge is 2.46. The molecule has 1 aliphatic heterocycles. The average molecular weight is 339 g/mol. The largest absolute Gasteiger partial charge is 0.481 e. The van der Waals surface area contributed by atoms with Crippen LogP contribution in [0.3, 0.4) is 0 Å². The van der Waals surface area contributed by atoms with Crippen LogP contribution in [0.15, 0.2) is 36.8 Å². The molecule has 130 valence electrons. The summed E-state index contributed by atoms with van der Waals surface area (Å²) in [4.78, 5) is 29.6. The van der Waals surface area contributed by atoms with Gasteiger partial charge in [-0.25, -0.2) is 4.98 Å². The molecule has 4 rings (SSSR count). The van der Waals surface area contributed by atoms with Gasteiger partial charge in [0.05, 0.1) is 7.11 Å². The number of pyridine rings is 1. The predicted molar refractivity (Wildman–Crippen MR) is 92.5 cm³/mol. The van der Waals surface area contributed by atoms with Crippen LogP contribution in [0.5, 0.6) is 5.88 Å². The smallest absolute Gasteiger partial charge is 0.228 e. The summed E-state index contributed by atoms with van der Waals surface area (Å²) < 4.78 is 5.15. The molecule has 2 fully saturated rings. The van der Waals surface area contributed by atoms with E-state index in [0.717, 1.165) is 19.5 Å². The van der Waals surface area contributed by atoms with Gasteiger partial charge in [-0.2, -0.15) is 4.98 Å². The van der Waals surface area contributed by atoms with Crippen molar-refractivity contribution in [1.82, 2.24) is 19.9 Å². The van der Waals surface area contributed by atoms with Crippen molar-refractivity contribution in [3.05, 3.63) is 42.4 Å². The van der Waals surface area contributed by atoms with Crippen LogP contribution in [0.2, 0.25) is 0 Å². The van der Waals surface area contributed by atoms with E-state index in [1.165, 1.54) is 5.56 Å². The Morgan fingerprint density at radius 1 is 1.20 bits per heavy atom. The summed E-state index contributed by atoms with van der Waals surface area (Å²) in [6.45, 7) is 2.89. The summed E-state index contributed by atoms with van der Waals surface area (Å²) in [5.74, 6) is 1.93. The maximum Gasteiger partial charge on any atom is 0.228 e. The molecule has 0 unspecified atom stereocenters. The van der Waals surface area contributed by atoms with Gasteiger partial charge in [0.2, 0.25) is 17.7 Å². The number of methoxy groups -OCH3 is 1. The number of hydrogen-bond donors (Lipinski definition) is 0. The summed E-state index contributed by atoms with van der Waals surface area (Å²) in [5.41, 5.74) is 1.17. The molecule has 3 heterocycles. The SMILES string of the molecule is COc1ccnc(N2CCN(C(=O)[C@H]3C[C@@H]3c3cccnc3)CC2)n1. The van der Waals surface area contributed by atoms with E-state index in [9.17, 15) is 4.79 Å². The lowest BCUT2D eigenvalue weighted by molar-refractivity contribution is -0.133. The normalized spacial score (nSPS) is 22.6. The van der Waals surface area contributed by atoms with Crippen molar-refractivity contribution in [3.63, 3.8) is 0 Å². The monoisotopic (exact) mass is 339 g/mol. The van der Waals surface area contributed by atoms with Gasteiger partial charge < -0.3 is 14.5 Å². The van der Waals surface area contributed by atoms with Crippen molar-refractivity contribution in [3.8, 4) is 5.88 Å². The van der Waals surface area contributed by atoms with E-state index in [0.29, 0.717) is 30.8 Å². The molecule has 7 heteroatoms. The summed E-state index contributed by atoms with van der Waals surface area (Å²) in [6.07, 6.45) is 6.27. The minimum Gasteiger partial charge on any atom is -0.481 e. The molecular formula is C18H21N5O2. The zero-order valence-corrected chi connectivity index (χ0v) is 14.2. The zero-order chi connectivity index (χ0) is 17.2. The number of piperazine rings is 1. The molecule has 0 spiro atoms. The van der Waals surface area contributed by atoms with Gasteiger partial charge in [-0.3, -0.25) is 9.78 Å². The molecule has 0 radical (unpaired) electrons. The second-order valence-electron chi connectivity index (χ2n) is 6.45. The molecule has 2 aromatic heterocycles. The van der Waals surface area contributed by atoms with E-state index in [4.69, 9.17) is 4.74 Å². The lowest BCUT2D eigenvalue weighted by Gasteiger charge is -2.35. The van der Waals surface area contributed by atoms with E-state index >= 15 is 0 Å². The fourth-order valence-electron chi connectivity index (χ4n) is 3.39. The molecule has 1 saturated carbocycles. The molecule has 0 N–H and O–H groups in total. The number of rotatable bonds is 4. The first-order valence-electron chi connectivity index (χ1n) is 8.57. The quantitative estimate of drug-likeness (QED) is 0.837. The van der Waals surface area contributed by atoms with Crippen molar-refractivity contribution in [1.29, 1.82) is 0 Å². The Hall–Kier alpha value is -2.70. The van der Waals surface area contributed by atoms with Crippen molar-refractivity contribution < 1.29 is 9.53 Å². The molecule has 1 aliphatic carbocycles. The summed E-state index contributed by atoms with van der Waals surface area (Å²) in [5, 5.41) is 0. The molecule has 7 nitrogen and oxygen atoms in total. The van der Waals surface area contributed by atoms with Crippen molar-refractivity contribution >= 4 is 11.9 Å². The van der Waals surface area contributed by atoms with Crippen LogP contribution in [0.4, 0.5) is 5.95 Å². The van der Waals surface area contributed by atoms with Crippen LogP contribution in [0.25, 0.3) is 0 Å². The molecule has 1 saturated heterocycles. The first kappa shape index (κ1) is 15.8. The zero-order valence-electron chi connectivity index (χ0n) is 14.2. The third-order valence-electron chi connectivity index (χ3n) is 4.92. The molecule has 0 bridgehead atoms. The minimum atomic E-state index is 0.115. The first-order valence-corrected chi connectivity index (χ1v) is 8.57. The number of hydrogen-bond acceptors (Lipinski definition) is 6.